The molecule has 2 atom stereocenters. The summed E-state index contributed by atoms with van der Waals surface area (Å²) >= 11 is 0. The molecule has 1 heterocycles. The number of esters is 1. The minimum Gasteiger partial charge on any atom is -0.466 e. The SMILES string of the molecule is CC(C)(C)OC(=O)[C@@H]1N=C(c2ccccc2)O[C@@H]1c1ccccc1. The second-order valence-electron chi connectivity index (χ2n) is 6.73. The van der Waals surface area contributed by atoms with Gasteiger partial charge in [-0.3, -0.25) is 0 Å². The van der Waals surface area contributed by atoms with Gasteiger partial charge in [-0.1, -0.05) is 48.5 Å². The Morgan fingerprint density at radius 1 is 1.00 bits per heavy atom. The molecule has 24 heavy (non-hydrogen) atoms. The van der Waals surface area contributed by atoms with E-state index in [9.17, 15) is 4.79 Å². The van der Waals surface area contributed by atoms with Crippen LogP contribution in [0.15, 0.2) is 65.7 Å². The maximum Gasteiger partial charge on any atom is 0.335 e. The van der Waals surface area contributed by atoms with Gasteiger partial charge in [-0.2, -0.15) is 0 Å². The summed E-state index contributed by atoms with van der Waals surface area (Å²) in [5.41, 5.74) is 1.19. The van der Waals surface area contributed by atoms with Gasteiger partial charge < -0.3 is 9.47 Å². The van der Waals surface area contributed by atoms with Gasteiger partial charge in [-0.25, -0.2) is 9.79 Å². The van der Waals surface area contributed by atoms with Crippen LogP contribution in [0, 0.1) is 0 Å². The molecule has 2 aromatic carbocycles. The number of carbonyl (C=O) groups excluding carboxylic acids is 1. The van der Waals surface area contributed by atoms with Gasteiger partial charge in [-0.05, 0) is 38.5 Å². The number of aliphatic imine (C=N–C) groups is 1. The summed E-state index contributed by atoms with van der Waals surface area (Å²) in [6.07, 6.45) is -0.476. The number of hydrogen-bond acceptors (Lipinski definition) is 4. The summed E-state index contributed by atoms with van der Waals surface area (Å²) in [6, 6.07) is 18.5. The largest absolute Gasteiger partial charge is 0.466 e. The van der Waals surface area contributed by atoms with Crippen LogP contribution in [0.25, 0.3) is 0 Å². The van der Waals surface area contributed by atoms with Crippen molar-refractivity contribution in [3.05, 3.63) is 71.8 Å². The van der Waals surface area contributed by atoms with Crippen LogP contribution in [0.1, 0.15) is 38.0 Å². The summed E-state index contributed by atoms with van der Waals surface area (Å²) in [7, 11) is 0. The first-order valence-corrected chi connectivity index (χ1v) is 8.02. The highest BCUT2D eigenvalue weighted by Gasteiger charge is 2.40. The topological polar surface area (TPSA) is 47.9 Å². The van der Waals surface area contributed by atoms with Crippen LogP contribution in [0.2, 0.25) is 0 Å². The van der Waals surface area contributed by atoms with Crippen LogP contribution >= 0.6 is 0 Å². The molecular weight excluding hydrogens is 302 g/mol. The molecule has 0 aromatic heterocycles. The maximum atomic E-state index is 12.6. The van der Waals surface area contributed by atoms with E-state index >= 15 is 0 Å². The van der Waals surface area contributed by atoms with Crippen molar-refractivity contribution in [1.82, 2.24) is 0 Å². The third kappa shape index (κ3) is 3.65. The van der Waals surface area contributed by atoms with Gasteiger partial charge >= 0.3 is 5.97 Å². The predicted octanol–water partition coefficient (Wildman–Crippen LogP) is 3.92. The van der Waals surface area contributed by atoms with Gasteiger partial charge in [0.1, 0.15) is 5.60 Å². The van der Waals surface area contributed by atoms with E-state index in [-0.39, 0.29) is 5.97 Å². The summed E-state index contributed by atoms with van der Waals surface area (Å²) in [4.78, 5) is 17.1. The fourth-order valence-electron chi connectivity index (χ4n) is 2.56. The van der Waals surface area contributed by atoms with E-state index < -0.39 is 17.7 Å². The van der Waals surface area contributed by atoms with Crippen LogP contribution in [-0.4, -0.2) is 23.5 Å². The van der Waals surface area contributed by atoms with Crippen molar-refractivity contribution >= 4 is 11.9 Å². The smallest absolute Gasteiger partial charge is 0.335 e. The molecule has 0 amide bonds. The number of hydrogen-bond donors (Lipinski definition) is 0. The Hall–Kier alpha value is -2.62. The molecule has 0 aliphatic carbocycles. The van der Waals surface area contributed by atoms with E-state index in [1.807, 2.05) is 81.4 Å². The highest BCUT2D eigenvalue weighted by Crippen LogP contribution is 2.32. The van der Waals surface area contributed by atoms with Gasteiger partial charge in [0.15, 0.2) is 12.1 Å². The molecule has 1 aliphatic heterocycles. The standard InChI is InChI=1S/C20H21NO3/c1-20(2,3)24-19(22)16-17(14-10-6-4-7-11-14)23-18(21-16)15-12-8-5-9-13-15/h4-13,16-17H,1-3H3/t16-,17-/m1/s1. The molecule has 0 saturated heterocycles. The molecule has 1 aliphatic rings. The highest BCUT2D eigenvalue weighted by atomic mass is 16.6. The first kappa shape index (κ1) is 16.2. The van der Waals surface area contributed by atoms with Crippen molar-refractivity contribution in [1.29, 1.82) is 0 Å². The zero-order valence-corrected chi connectivity index (χ0v) is 14.1. The summed E-state index contributed by atoms with van der Waals surface area (Å²) < 4.78 is 11.6. The maximum absolute atomic E-state index is 12.6. The molecule has 0 saturated carbocycles. The average molecular weight is 323 g/mol. The highest BCUT2D eigenvalue weighted by molar-refractivity contribution is 5.98. The van der Waals surface area contributed by atoms with E-state index in [4.69, 9.17) is 9.47 Å². The molecule has 4 nitrogen and oxygen atoms in total. The van der Waals surface area contributed by atoms with Crippen molar-refractivity contribution in [2.45, 2.75) is 38.5 Å². The quantitative estimate of drug-likeness (QED) is 0.805. The fourth-order valence-corrected chi connectivity index (χ4v) is 2.56. The van der Waals surface area contributed by atoms with Gasteiger partial charge in [-0.15, -0.1) is 0 Å². The van der Waals surface area contributed by atoms with Crippen molar-refractivity contribution < 1.29 is 14.3 Å². The Balaban J connectivity index is 1.93. The Labute approximate surface area is 142 Å². The lowest BCUT2D eigenvalue weighted by Gasteiger charge is -2.23. The van der Waals surface area contributed by atoms with E-state index in [2.05, 4.69) is 4.99 Å². The van der Waals surface area contributed by atoms with Crippen LogP contribution in [0.3, 0.4) is 0 Å². The van der Waals surface area contributed by atoms with Crippen molar-refractivity contribution in [2.24, 2.45) is 4.99 Å². The van der Waals surface area contributed by atoms with Crippen LogP contribution in [0.5, 0.6) is 0 Å². The summed E-state index contributed by atoms with van der Waals surface area (Å²) in [5, 5.41) is 0. The number of ether oxygens (including phenoxy) is 2. The lowest BCUT2D eigenvalue weighted by atomic mass is 10.0. The third-order valence-corrected chi connectivity index (χ3v) is 3.58. The number of nitrogens with zero attached hydrogens (tertiary/aromatic N) is 1. The molecule has 2 aromatic rings. The molecule has 0 spiro atoms. The first-order chi connectivity index (χ1) is 11.4. The second-order valence-corrected chi connectivity index (χ2v) is 6.73. The van der Waals surface area contributed by atoms with Crippen molar-refractivity contribution in [3.63, 3.8) is 0 Å². The third-order valence-electron chi connectivity index (χ3n) is 3.58. The molecule has 0 unspecified atom stereocenters. The van der Waals surface area contributed by atoms with Crippen LogP contribution in [-0.2, 0) is 14.3 Å². The van der Waals surface area contributed by atoms with Crippen molar-refractivity contribution in [3.8, 4) is 0 Å². The minimum atomic E-state index is -0.707. The first-order valence-electron chi connectivity index (χ1n) is 8.02. The van der Waals surface area contributed by atoms with E-state index in [1.54, 1.807) is 0 Å². The fraction of sp³-hybridized carbons (Fsp3) is 0.300. The average Bonchev–Trinajstić information content (AvgIpc) is 3.00. The van der Waals surface area contributed by atoms with E-state index in [0.29, 0.717) is 5.90 Å². The minimum absolute atomic E-state index is 0.373. The van der Waals surface area contributed by atoms with Gasteiger partial charge in [0.25, 0.3) is 0 Å². The van der Waals surface area contributed by atoms with Gasteiger partial charge in [0.05, 0.1) is 0 Å². The Kier molecular flexibility index (Phi) is 4.38. The number of benzene rings is 2. The van der Waals surface area contributed by atoms with E-state index in [0.717, 1.165) is 11.1 Å². The zero-order valence-electron chi connectivity index (χ0n) is 14.1. The number of carbonyl (C=O) groups is 1. The zero-order chi connectivity index (χ0) is 17.2. The Morgan fingerprint density at radius 3 is 2.17 bits per heavy atom. The van der Waals surface area contributed by atoms with Crippen LogP contribution < -0.4 is 0 Å². The molecule has 0 N–H and O–H groups in total. The lowest BCUT2D eigenvalue weighted by molar-refractivity contribution is -0.158. The normalized spacial score (nSPS) is 20.2. The summed E-state index contributed by atoms with van der Waals surface area (Å²) in [6.45, 7) is 5.54. The number of rotatable bonds is 3. The lowest BCUT2D eigenvalue weighted by Crippen LogP contribution is -2.33. The van der Waals surface area contributed by atoms with Crippen LogP contribution in [0.4, 0.5) is 0 Å². The monoisotopic (exact) mass is 323 g/mol. The predicted molar refractivity (Wildman–Crippen MR) is 92.9 cm³/mol. The second kappa shape index (κ2) is 6.48. The van der Waals surface area contributed by atoms with E-state index in [1.165, 1.54) is 0 Å². The van der Waals surface area contributed by atoms with Gasteiger partial charge in [0, 0.05) is 5.56 Å². The Morgan fingerprint density at radius 2 is 1.58 bits per heavy atom. The summed E-state index contributed by atoms with van der Waals surface area (Å²) in [5.74, 6) is 0.0996. The van der Waals surface area contributed by atoms with Gasteiger partial charge in [0.2, 0.25) is 5.90 Å². The van der Waals surface area contributed by atoms with Crippen molar-refractivity contribution in [2.75, 3.05) is 0 Å². The molecule has 0 fully saturated rings. The Bertz CT molecular complexity index is 732. The molecular formula is C20H21NO3. The molecule has 0 bridgehead atoms. The molecule has 4 heteroatoms. The molecule has 124 valence electrons. The molecule has 3 rings (SSSR count). The molecule has 0 radical (unpaired) electrons.